The van der Waals surface area contributed by atoms with Crippen molar-refractivity contribution in [3.8, 4) is 0 Å². The summed E-state index contributed by atoms with van der Waals surface area (Å²) in [5.74, 6) is -2.69. The summed E-state index contributed by atoms with van der Waals surface area (Å²) in [6.07, 6.45) is 1.89. The molecule has 3 rings (SSSR count). The van der Waals surface area contributed by atoms with Crippen LogP contribution in [-0.2, 0) is 24.3 Å². The van der Waals surface area contributed by atoms with Gasteiger partial charge in [-0.3, -0.25) is 4.79 Å². The molecule has 1 aliphatic heterocycles. The second-order valence-electron chi connectivity index (χ2n) is 6.51. The Morgan fingerprint density at radius 2 is 1.94 bits per heavy atom. The van der Waals surface area contributed by atoms with Crippen LogP contribution in [0.3, 0.4) is 0 Å². The zero-order valence-electron chi connectivity index (χ0n) is 16.7. The quantitative estimate of drug-likeness (QED) is 0.492. The fourth-order valence-electron chi connectivity index (χ4n) is 2.86. The van der Waals surface area contributed by atoms with Crippen LogP contribution >= 0.6 is 11.8 Å². The van der Waals surface area contributed by atoms with Gasteiger partial charge in [-0.2, -0.15) is 4.31 Å². The summed E-state index contributed by atoms with van der Waals surface area (Å²) < 4.78 is 50.9. The highest BCUT2D eigenvalue weighted by atomic mass is 32.2. The van der Waals surface area contributed by atoms with Crippen LogP contribution in [0.1, 0.15) is 10.4 Å². The number of nitrogens with zero attached hydrogens (tertiary/aromatic N) is 1. The number of carbonyl (C=O) groups excluding carboxylic acids is 2. The first-order valence-corrected chi connectivity index (χ1v) is 12.0. The number of hydrogen-bond acceptors (Lipinski definition) is 7. The third-order valence-corrected chi connectivity index (χ3v) is 7.07. The molecule has 0 spiro atoms. The number of morpholine rings is 1. The molecule has 0 radical (unpaired) electrons. The number of esters is 1. The van der Waals surface area contributed by atoms with Crippen LogP contribution in [0.25, 0.3) is 0 Å². The molecule has 0 aliphatic carbocycles. The Morgan fingerprint density at radius 3 is 2.65 bits per heavy atom. The molecule has 1 fully saturated rings. The van der Waals surface area contributed by atoms with Crippen molar-refractivity contribution in [3.63, 3.8) is 0 Å². The molecule has 1 saturated heterocycles. The van der Waals surface area contributed by atoms with Crippen molar-refractivity contribution >= 4 is 39.3 Å². The lowest BCUT2D eigenvalue weighted by molar-refractivity contribution is -0.119. The first kappa shape index (κ1) is 23.2. The molecule has 11 heteroatoms. The summed E-state index contributed by atoms with van der Waals surface area (Å²) in [6, 6.07) is 9.97. The molecule has 1 amide bonds. The van der Waals surface area contributed by atoms with Crippen molar-refractivity contribution in [2.24, 2.45) is 0 Å². The van der Waals surface area contributed by atoms with E-state index in [4.69, 9.17) is 9.47 Å². The van der Waals surface area contributed by atoms with Gasteiger partial charge in [0.05, 0.1) is 23.7 Å². The van der Waals surface area contributed by atoms with Crippen LogP contribution in [0.4, 0.5) is 10.1 Å². The number of amides is 1. The number of thioether (sulfide) groups is 1. The molecule has 1 aliphatic rings. The number of nitrogens with one attached hydrogen (secondary N) is 1. The van der Waals surface area contributed by atoms with Crippen molar-refractivity contribution in [3.05, 3.63) is 53.8 Å². The predicted octanol–water partition coefficient (Wildman–Crippen LogP) is 2.36. The van der Waals surface area contributed by atoms with Crippen LogP contribution in [0.5, 0.6) is 0 Å². The van der Waals surface area contributed by atoms with E-state index in [1.54, 1.807) is 18.2 Å². The van der Waals surface area contributed by atoms with Gasteiger partial charge >= 0.3 is 5.97 Å². The molecule has 8 nitrogen and oxygen atoms in total. The molecule has 0 unspecified atom stereocenters. The van der Waals surface area contributed by atoms with Gasteiger partial charge in [-0.25, -0.2) is 17.6 Å². The summed E-state index contributed by atoms with van der Waals surface area (Å²) in [5, 5.41) is 2.58. The minimum absolute atomic E-state index is 0.164. The monoisotopic (exact) mass is 468 g/mol. The van der Waals surface area contributed by atoms with Gasteiger partial charge in [-0.1, -0.05) is 6.07 Å². The van der Waals surface area contributed by atoms with Crippen molar-refractivity contribution in [2.45, 2.75) is 9.79 Å². The summed E-state index contributed by atoms with van der Waals surface area (Å²) in [4.78, 5) is 25.1. The molecule has 0 aromatic heterocycles. The Labute approximate surface area is 183 Å². The van der Waals surface area contributed by atoms with E-state index < -0.39 is 39.9 Å². The van der Waals surface area contributed by atoms with E-state index in [1.165, 1.54) is 16.1 Å². The molecule has 1 N–H and O–H groups in total. The summed E-state index contributed by atoms with van der Waals surface area (Å²) in [6.45, 7) is 0.186. The number of hydrogen-bond donors (Lipinski definition) is 1. The van der Waals surface area contributed by atoms with Crippen LogP contribution in [0.15, 0.2) is 52.3 Å². The van der Waals surface area contributed by atoms with Crippen LogP contribution in [-0.4, -0.2) is 63.8 Å². The Hall–Kier alpha value is -2.47. The number of rotatable bonds is 7. The van der Waals surface area contributed by atoms with Gasteiger partial charge in [0, 0.05) is 23.7 Å². The van der Waals surface area contributed by atoms with Gasteiger partial charge < -0.3 is 14.8 Å². The second-order valence-corrected chi connectivity index (χ2v) is 9.33. The van der Waals surface area contributed by atoms with Gasteiger partial charge in [-0.15, -0.1) is 11.8 Å². The highest BCUT2D eigenvalue weighted by Crippen LogP contribution is 2.21. The van der Waals surface area contributed by atoms with E-state index in [0.717, 1.165) is 23.1 Å². The lowest BCUT2D eigenvalue weighted by atomic mass is 10.2. The fraction of sp³-hybridized carbons (Fsp3) is 0.300. The first-order chi connectivity index (χ1) is 14.8. The Kier molecular flexibility index (Phi) is 7.65. The smallest absolute Gasteiger partial charge is 0.341 e. The van der Waals surface area contributed by atoms with E-state index in [-0.39, 0.29) is 31.2 Å². The maximum Gasteiger partial charge on any atom is 0.341 e. The van der Waals surface area contributed by atoms with Gasteiger partial charge in [0.1, 0.15) is 5.82 Å². The molecule has 31 heavy (non-hydrogen) atoms. The molecule has 0 atom stereocenters. The summed E-state index contributed by atoms with van der Waals surface area (Å²) in [7, 11) is -3.92. The van der Waals surface area contributed by atoms with Gasteiger partial charge in [-0.05, 0) is 42.7 Å². The number of sulfonamides is 1. The van der Waals surface area contributed by atoms with Crippen LogP contribution in [0, 0.1) is 5.82 Å². The predicted molar refractivity (Wildman–Crippen MR) is 113 cm³/mol. The SMILES string of the molecule is CSc1cccc(NC(=O)COC(=O)c2cc(S(=O)(=O)N3CCOCC3)ccc2F)c1. The zero-order chi connectivity index (χ0) is 22.4. The number of carbonyl (C=O) groups is 2. The normalized spacial score (nSPS) is 14.8. The van der Waals surface area contributed by atoms with Crippen molar-refractivity contribution in [1.29, 1.82) is 0 Å². The minimum Gasteiger partial charge on any atom is -0.452 e. The lowest BCUT2D eigenvalue weighted by Crippen LogP contribution is -2.40. The molecule has 2 aromatic rings. The maximum absolute atomic E-state index is 14.2. The number of ether oxygens (including phenoxy) is 2. The highest BCUT2D eigenvalue weighted by Gasteiger charge is 2.28. The highest BCUT2D eigenvalue weighted by molar-refractivity contribution is 7.98. The summed E-state index contributed by atoms with van der Waals surface area (Å²) in [5.41, 5.74) is -0.0378. The number of benzene rings is 2. The largest absolute Gasteiger partial charge is 0.452 e. The van der Waals surface area contributed by atoms with Crippen molar-refractivity contribution in [1.82, 2.24) is 4.31 Å². The van der Waals surface area contributed by atoms with Gasteiger partial charge in [0.25, 0.3) is 5.91 Å². The Balaban J connectivity index is 1.67. The lowest BCUT2D eigenvalue weighted by Gasteiger charge is -2.26. The Bertz CT molecular complexity index is 1070. The average molecular weight is 469 g/mol. The molecule has 1 heterocycles. The third-order valence-electron chi connectivity index (χ3n) is 4.45. The number of halogens is 1. The van der Waals surface area contributed by atoms with Crippen LogP contribution < -0.4 is 5.32 Å². The van der Waals surface area contributed by atoms with E-state index in [9.17, 15) is 22.4 Å². The van der Waals surface area contributed by atoms with E-state index in [2.05, 4.69) is 5.32 Å². The molecule has 0 bridgehead atoms. The minimum atomic E-state index is -3.92. The van der Waals surface area contributed by atoms with Gasteiger partial charge in [0.2, 0.25) is 10.0 Å². The standard InChI is InChI=1S/C20H21FN2O6S2/c1-30-15-4-2-3-14(11-15)22-19(24)13-29-20(25)17-12-16(5-6-18(17)21)31(26,27)23-7-9-28-10-8-23/h2-6,11-12H,7-10,13H2,1H3,(H,22,24). The van der Waals surface area contributed by atoms with E-state index >= 15 is 0 Å². The second kappa shape index (κ2) is 10.2. The molecular formula is C20H21FN2O6S2. The summed E-state index contributed by atoms with van der Waals surface area (Å²) >= 11 is 1.50. The fourth-order valence-corrected chi connectivity index (χ4v) is 4.76. The van der Waals surface area contributed by atoms with Crippen molar-refractivity contribution in [2.75, 3.05) is 44.5 Å². The van der Waals surface area contributed by atoms with E-state index in [0.29, 0.717) is 5.69 Å². The Morgan fingerprint density at radius 1 is 1.19 bits per heavy atom. The maximum atomic E-state index is 14.2. The molecule has 0 saturated carbocycles. The van der Waals surface area contributed by atoms with Gasteiger partial charge in [0.15, 0.2) is 6.61 Å². The van der Waals surface area contributed by atoms with Crippen molar-refractivity contribution < 1.29 is 31.9 Å². The average Bonchev–Trinajstić information content (AvgIpc) is 2.78. The molecule has 2 aromatic carbocycles. The topological polar surface area (TPSA) is 102 Å². The van der Waals surface area contributed by atoms with Crippen LogP contribution in [0.2, 0.25) is 0 Å². The molecule has 166 valence electrons. The first-order valence-electron chi connectivity index (χ1n) is 9.30. The third kappa shape index (κ3) is 5.82. The zero-order valence-corrected chi connectivity index (χ0v) is 18.3. The molecular weight excluding hydrogens is 447 g/mol. The number of anilines is 1. The van der Waals surface area contributed by atoms with E-state index in [1.807, 2.05) is 12.3 Å².